The third-order valence-electron chi connectivity index (χ3n) is 9.49. The number of nitrogens with two attached hydrogens (primary N) is 1. The Kier molecular flexibility index (Phi) is 8.51. The standard InChI is InChI=1S/C30H39F4N9O4/c1-16(2)43-25(23(35)44)39-24(40-43)22(17-4-7-29(31,32)8-5-17)19-14-42-27(38-19)37-18(13-36-42)20-12-28(3,46)10-11-41(20)26(45)21-6-9-30(33,34)15-47-21/h13-14,16-17,20-22,46H,4-12,15H2,1-3H3,(H2,35,44)/t20-,21+,22+,28+/m1/s1. The molecule has 2 aliphatic heterocycles. The van der Waals surface area contributed by atoms with Gasteiger partial charge in [-0.1, -0.05) is 0 Å². The highest BCUT2D eigenvalue weighted by atomic mass is 19.3. The highest BCUT2D eigenvalue weighted by Crippen LogP contribution is 2.44. The molecule has 4 atom stereocenters. The fraction of sp³-hybridized carbons (Fsp3) is 0.700. The van der Waals surface area contributed by atoms with E-state index < -0.39 is 60.4 Å². The van der Waals surface area contributed by atoms with Gasteiger partial charge in [0.25, 0.3) is 23.5 Å². The molecule has 3 aromatic heterocycles. The number of likely N-dealkylation sites (tertiary alicyclic amines) is 1. The summed E-state index contributed by atoms with van der Waals surface area (Å²) in [5, 5.41) is 20.0. The number of halogens is 4. The number of alkyl halides is 4. The molecule has 1 aliphatic carbocycles. The van der Waals surface area contributed by atoms with Gasteiger partial charge in [-0.25, -0.2) is 41.7 Å². The van der Waals surface area contributed by atoms with Crippen LogP contribution in [-0.4, -0.2) is 92.9 Å². The monoisotopic (exact) mass is 665 g/mol. The molecule has 0 aromatic carbocycles. The van der Waals surface area contributed by atoms with Crippen molar-refractivity contribution in [3.63, 3.8) is 0 Å². The van der Waals surface area contributed by atoms with Gasteiger partial charge in [-0.15, -0.1) is 0 Å². The van der Waals surface area contributed by atoms with Crippen molar-refractivity contribution in [2.45, 2.75) is 114 Å². The van der Waals surface area contributed by atoms with E-state index in [9.17, 15) is 32.3 Å². The van der Waals surface area contributed by atoms with Crippen LogP contribution in [0.2, 0.25) is 0 Å². The van der Waals surface area contributed by atoms with E-state index in [1.165, 1.54) is 20.3 Å². The highest BCUT2D eigenvalue weighted by molar-refractivity contribution is 5.89. The summed E-state index contributed by atoms with van der Waals surface area (Å²) >= 11 is 0. The molecule has 3 N–H and O–H groups in total. The number of hydrogen-bond donors (Lipinski definition) is 2. The second-order valence-corrected chi connectivity index (χ2v) is 13.7. The lowest BCUT2D eigenvalue weighted by atomic mass is 9.77. The van der Waals surface area contributed by atoms with Crippen LogP contribution in [-0.2, 0) is 9.53 Å². The van der Waals surface area contributed by atoms with Crippen molar-refractivity contribution in [2.75, 3.05) is 13.2 Å². The number of aliphatic hydroxyl groups is 1. The molecule has 0 radical (unpaired) electrons. The lowest BCUT2D eigenvalue weighted by molar-refractivity contribution is -0.175. The van der Waals surface area contributed by atoms with E-state index in [2.05, 4.69) is 15.2 Å². The second-order valence-electron chi connectivity index (χ2n) is 13.7. The van der Waals surface area contributed by atoms with Crippen molar-refractivity contribution < 1.29 is 37.0 Å². The van der Waals surface area contributed by atoms with Crippen LogP contribution in [0.1, 0.15) is 118 Å². The van der Waals surface area contributed by atoms with Crippen molar-refractivity contribution in [1.82, 2.24) is 39.2 Å². The van der Waals surface area contributed by atoms with Crippen molar-refractivity contribution >= 4 is 17.6 Å². The number of nitrogens with zero attached hydrogens (tertiary/aromatic N) is 8. The number of imidazole rings is 1. The number of amides is 2. The normalized spacial score (nSPS) is 27.3. The topological polar surface area (TPSA) is 167 Å². The zero-order valence-corrected chi connectivity index (χ0v) is 26.5. The van der Waals surface area contributed by atoms with Crippen LogP contribution in [0.25, 0.3) is 5.78 Å². The van der Waals surface area contributed by atoms with E-state index in [-0.39, 0.29) is 80.9 Å². The van der Waals surface area contributed by atoms with Gasteiger partial charge < -0.3 is 20.5 Å². The maximum absolute atomic E-state index is 14.2. The Morgan fingerprint density at radius 3 is 2.36 bits per heavy atom. The number of carbonyl (C=O) groups excluding carboxylic acids is 2. The van der Waals surface area contributed by atoms with Gasteiger partial charge in [0.2, 0.25) is 11.7 Å². The predicted molar refractivity (Wildman–Crippen MR) is 157 cm³/mol. The van der Waals surface area contributed by atoms with Crippen LogP contribution in [0.15, 0.2) is 12.4 Å². The number of ether oxygens (including phenoxy) is 1. The van der Waals surface area contributed by atoms with Crippen molar-refractivity contribution in [1.29, 1.82) is 0 Å². The van der Waals surface area contributed by atoms with Gasteiger partial charge in [0.1, 0.15) is 12.7 Å². The van der Waals surface area contributed by atoms with E-state index in [1.807, 2.05) is 13.8 Å². The third-order valence-corrected chi connectivity index (χ3v) is 9.49. The van der Waals surface area contributed by atoms with Gasteiger partial charge in [-0.05, 0) is 52.4 Å². The molecule has 0 bridgehead atoms. The summed E-state index contributed by atoms with van der Waals surface area (Å²) < 4.78 is 63.9. The minimum atomic E-state index is -2.99. The summed E-state index contributed by atoms with van der Waals surface area (Å²) in [5.41, 5.74) is 5.20. The number of piperidine rings is 1. The van der Waals surface area contributed by atoms with Gasteiger partial charge in [-0.3, -0.25) is 9.59 Å². The average molecular weight is 666 g/mol. The molecule has 3 fully saturated rings. The number of carbonyl (C=O) groups is 2. The largest absolute Gasteiger partial charge is 0.390 e. The number of primary amides is 1. The molecule has 2 saturated heterocycles. The highest BCUT2D eigenvalue weighted by Gasteiger charge is 2.45. The first-order valence-electron chi connectivity index (χ1n) is 15.9. The third kappa shape index (κ3) is 6.82. The lowest BCUT2D eigenvalue weighted by Crippen LogP contribution is -2.52. The van der Waals surface area contributed by atoms with Crippen LogP contribution in [0, 0.1) is 5.92 Å². The van der Waals surface area contributed by atoms with E-state index in [0.29, 0.717) is 11.4 Å². The quantitative estimate of drug-likeness (QED) is 0.359. The Bertz CT molecular complexity index is 1640. The fourth-order valence-electron chi connectivity index (χ4n) is 6.87. The summed E-state index contributed by atoms with van der Waals surface area (Å²) in [4.78, 5) is 41.1. The van der Waals surface area contributed by atoms with Crippen LogP contribution >= 0.6 is 0 Å². The molecule has 17 heteroatoms. The molecule has 13 nitrogen and oxygen atoms in total. The molecule has 5 heterocycles. The lowest BCUT2D eigenvalue weighted by Gasteiger charge is -2.43. The molecule has 1 saturated carbocycles. The minimum absolute atomic E-state index is 0.0526. The molecule has 256 valence electrons. The zero-order chi connectivity index (χ0) is 33.9. The van der Waals surface area contributed by atoms with Crippen LogP contribution in [0.5, 0.6) is 0 Å². The molecular formula is C30H39F4N9O4. The Labute approximate surface area is 267 Å². The number of fused-ring (bicyclic) bond motifs is 1. The smallest absolute Gasteiger partial charge is 0.286 e. The maximum atomic E-state index is 14.2. The number of rotatable bonds is 7. The van der Waals surface area contributed by atoms with E-state index in [0.717, 1.165) is 0 Å². The Morgan fingerprint density at radius 1 is 1.04 bits per heavy atom. The van der Waals surface area contributed by atoms with Gasteiger partial charge in [-0.2, -0.15) is 10.2 Å². The van der Waals surface area contributed by atoms with Crippen molar-refractivity contribution in [3.8, 4) is 0 Å². The zero-order valence-electron chi connectivity index (χ0n) is 26.5. The Hall–Kier alpha value is -3.73. The summed E-state index contributed by atoms with van der Waals surface area (Å²) in [5.74, 6) is -7.69. The van der Waals surface area contributed by atoms with Crippen LogP contribution in [0.4, 0.5) is 17.6 Å². The molecule has 2 amide bonds. The van der Waals surface area contributed by atoms with Gasteiger partial charge in [0.05, 0.1) is 41.3 Å². The molecule has 0 unspecified atom stereocenters. The number of aromatic nitrogens is 7. The Balaban J connectivity index is 1.35. The average Bonchev–Trinajstić information content (AvgIpc) is 3.62. The van der Waals surface area contributed by atoms with Crippen LogP contribution in [0.3, 0.4) is 0 Å². The minimum Gasteiger partial charge on any atom is -0.390 e. The SMILES string of the molecule is CC(C)n1nc([C@H](c2cn3ncc([C@H]4C[C@@](C)(O)CCN4C(=O)[C@@H]4CCC(F)(F)CO4)nc3n2)C2CCC(F)(F)CC2)nc1C(N)=O. The summed E-state index contributed by atoms with van der Waals surface area (Å²) in [6.07, 6.45) is 1.52. The maximum Gasteiger partial charge on any atom is 0.286 e. The summed E-state index contributed by atoms with van der Waals surface area (Å²) in [6.45, 7) is 4.59. The molecule has 3 aliphatic rings. The van der Waals surface area contributed by atoms with Crippen LogP contribution < -0.4 is 5.73 Å². The first-order valence-corrected chi connectivity index (χ1v) is 15.9. The molecule has 6 rings (SSSR count). The summed E-state index contributed by atoms with van der Waals surface area (Å²) in [6, 6.07) is -0.997. The molecule has 3 aromatic rings. The predicted octanol–water partition coefficient (Wildman–Crippen LogP) is 3.58. The molecule has 0 spiro atoms. The first-order chi connectivity index (χ1) is 22.0. The molecular weight excluding hydrogens is 626 g/mol. The number of hydrogen-bond acceptors (Lipinski definition) is 9. The van der Waals surface area contributed by atoms with E-state index in [1.54, 1.807) is 13.1 Å². The molecule has 47 heavy (non-hydrogen) atoms. The van der Waals surface area contributed by atoms with Crippen molar-refractivity contribution in [2.24, 2.45) is 11.7 Å². The van der Waals surface area contributed by atoms with Gasteiger partial charge >= 0.3 is 0 Å². The second kappa shape index (κ2) is 12.1. The summed E-state index contributed by atoms with van der Waals surface area (Å²) in [7, 11) is 0. The van der Waals surface area contributed by atoms with Gasteiger partial charge in [0.15, 0.2) is 5.82 Å². The Morgan fingerprint density at radius 2 is 1.74 bits per heavy atom. The fourth-order valence-corrected chi connectivity index (χ4v) is 6.87. The van der Waals surface area contributed by atoms with E-state index in [4.69, 9.17) is 20.4 Å². The van der Waals surface area contributed by atoms with Gasteiger partial charge in [0, 0.05) is 38.3 Å². The first kappa shape index (κ1) is 33.2. The van der Waals surface area contributed by atoms with Crippen molar-refractivity contribution in [3.05, 3.63) is 35.4 Å². The van der Waals surface area contributed by atoms with E-state index >= 15 is 0 Å².